The van der Waals surface area contributed by atoms with E-state index in [0.29, 0.717) is 23.2 Å². The second-order valence-corrected chi connectivity index (χ2v) is 4.69. The van der Waals surface area contributed by atoms with Crippen LogP contribution in [0.1, 0.15) is 46.8 Å². The van der Waals surface area contributed by atoms with Crippen LogP contribution in [0.4, 0.5) is 0 Å². The van der Waals surface area contributed by atoms with Crippen molar-refractivity contribution in [3.63, 3.8) is 0 Å². The number of carbonyl (C=O) groups is 2. The molecule has 1 aliphatic rings. The molecule has 0 amide bonds. The van der Waals surface area contributed by atoms with Crippen LogP contribution >= 0.6 is 0 Å². The average molecular weight is 267 g/mol. The summed E-state index contributed by atoms with van der Waals surface area (Å²) >= 11 is 0. The third kappa shape index (κ3) is 2.49. The molecule has 2 atom stereocenters. The van der Waals surface area contributed by atoms with Gasteiger partial charge in [-0.2, -0.15) is 0 Å². The van der Waals surface area contributed by atoms with Gasteiger partial charge in [0.2, 0.25) is 6.10 Å². The van der Waals surface area contributed by atoms with Gasteiger partial charge in [-0.1, -0.05) is 0 Å². The summed E-state index contributed by atoms with van der Waals surface area (Å²) in [7, 11) is 0. The van der Waals surface area contributed by atoms with E-state index in [1.807, 2.05) is 0 Å². The van der Waals surface area contributed by atoms with Crippen molar-refractivity contribution in [2.75, 3.05) is 6.61 Å². The quantitative estimate of drug-likeness (QED) is 0.802. The molecular formula is C13H17NO5. The van der Waals surface area contributed by atoms with Crippen molar-refractivity contribution in [2.45, 2.75) is 39.4 Å². The van der Waals surface area contributed by atoms with Crippen molar-refractivity contribution in [1.82, 2.24) is 4.98 Å². The van der Waals surface area contributed by atoms with E-state index in [1.165, 1.54) is 0 Å². The van der Waals surface area contributed by atoms with Crippen LogP contribution in [0.3, 0.4) is 0 Å². The van der Waals surface area contributed by atoms with Crippen molar-refractivity contribution in [2.24, 2.45) is 0 Å². The predicted molar refractivity (Wildman–Crippen MR) is 65.7 cm³/mol. The first-order valence-corrected chi connectivity index (χ1v) is 6.16. The Morgan fingerprint density at radius 2 is 2.21 bits per heavy atom. The Kier molecular flexibility index (Phi) is 3.61. The van der Waals surface area contributed by atoms with Crippen LogP contribution < -0.4 is 0 Å². The summed E-state index contributed by atoms with van der Waals surface area (Å²) in [5.74, 6) is -1.11. The number of rotatable bonds is 3. The third-order valence-electron chi connectivity index (χ3n) is 3.25. The van der Waals surface area contributed by atoms with E-state index < -0.39 is 24.1 Å². The lowest BCUT2D eigenvalue weighted by molar-refractivity contribution is -0.145. The number of hydrogen-bond donors (Lipinski definition) is 2. The van der Waals surface area contributed by atoms with Gasteiger partial charge in [-0.05, 0) is 26.3 Å². The number of aliphatic hydroxyl groups excluding tert-OH is 1. The number of cyclic esters (lactones) is 1. The number of carbonyl (C=O) groups excluding carboxylic acids is 2. The molecule has 0 spiro atoms. The van der Waals surface area contributed by atoms with Crippen LogP contribution in [0.15, 0.2) is 0 Å². The number of nitrogens with one attached hydrogen (secondary N) is 1. The first-order chi connectivity index (χ1) is 8.91. The minimum absolute atomic E-state index is 0.271. The van der Waals surface area contributed by atoms with E-state index >= 15 is 0 Å². The number of esters is 2. The molecule has 2 heterocycles. The van der Waals surface area contributed by atoms with E-state index in [0.717, 1.165) is 0 Å². The summed E-state index contributed by atoms with van der Waals surface area (Å²) in [5, 5.41) is 9.66. The van der Waals surface area contributed by atoms with Crippen molar-refractivity contribution in [3.05, 3.63) is 22.5 Å². The van der Waals surface area contributed by atoms with Gasteiger partial charge in [-0.3, -0.25) is 0 Å². The highest BCUT2D eigenvalue weighted by molar-refractivity contribution is 5.92. The van der Waals surface area contributed by atoms with E-state index in [1.54, 1.807) is 20.8 Å². The first kappa shape index (κ1) is 13.6. The molecular weight excluding hydrogens is 250 g/mol. The second kappa shape index (κ2) is 5.05. The van der Waals surface area contributed by atoms with Crippen molar-refractivity contribution in [1.29, 1.82) is 0 Å². The molecule has 6 heteroatoms. The highest BCUT2D eigenvalue weighted by Crippen LogP contribution is 2.25. The molecule has 0 aliphatic carbocycles. The van der Waals surface area contributed by atoms with Gasteiger partial charge < -0.3 is 19.6 Å². The van der Waals surface area contributed by atoms with Gasteiger partial charge in [0.1, 0.15) is 5.69 Å². The van der Waals surface area contributed by atoms with Gasteiger partial charge in [0.05, 0.1) is 12.7 Å². The molecule has 2 rings (SSSR count). The lowest BCUT2D eigenvalue weighted by Gasteiger charge is -2.08. The Labute approximate surface area is 110 Å². The zero-order valence-corrected chi connectivity index (χ0v) is 11.1. The van der Waals surface area contributed by atoms with Gasteiger partial charge in [0.15, 0.2) is 0 Å². The maximum absolute atomic E-state index is 12.0. The van der Waals surface area contributed by atoms with E-state index in [-0.39, 0.29) is 12.3 Å². The fraction of sp³-hybridized carbons (Fsp3) is 0.538. The lowest BCUT2D eigenvalue weighted by Crippen LogP contribution is -2.23. The molecule has 1 aliphatic heterocycles. The number of aromatic nitrogens is 1. The minimum atomic E-state index is -0.828. The van der Waals surface area contributed by atoms with Gasteiger partial charge in [-0.25, -0.2) is 9.59 Å². The van der Waals surface area contributed by atoms with Gasteiger partial charge in [0, 0.05) is 17.7 Å². The topological polar surface area (TPSA) is 88.6 Å². The fourth-order valence-electron chi connectivity index (χ4n) is 2.37. The number of aromatic amines is 1. The molecule has 0 unspecified atom stereocenters. The van der Waals surface area contributed by atoms with Crippen LogP contribution in [0, 0.1) is 13.8 Å². The van der Waals surface area contributed by atoms with Crippen LogP contribution in [-0.2, 0) is 14.3 Å². The average Bonchev–Trinajstić information content (AvgIpc) is 2.83. The van der Waals surface area contributed by atoms with E-state index in [9.17, 15) is 14.7 Å². The van der Waals surface area contributed by atoms with Crippen LogP contribution in [-0.4, -0.2) is 34.7 Å². The standard InChI is InChI=1S/C13H17NO5/c1-6-10(8(3)15)7(2)14-11(6)13(17)19-9-4-5-18-12(9)16/h8-9,14-15H,4-5H2,1-3H3/t8-,9+/m0/s1. The predicted octanol–water partition coefficient (Wildman–Crippen LogP) is 1.16. The third-order valence-corrected chi connectivity index (χ3v) is 3.25. The number of aliphatic hydroxyl groups is 1. The Hall–Kier alpha value is -1.82. The molecule has 104 valence electrons. The number of ether oxygens (including phenoxy) is 2. The molecule has 0 saturated carbocycles. The van der Waals surface area contributed by atoms with Crippen LogP contribution in [0.5, 0.6) is 0 Å². The van der Waals surface area contributed by atoms with Gasteiger partial charge >= 0.3 is 11.9 Å². The molecule has 1 aromatic rings. The molecule has 0 aromatic carbocycles. The van der Waals surface area contributed by atoms with E-state index in [4.69, 9.17) is 9.47 Å². The maximum atomic E-state index is 12.0. The molecule has 1 aromatic heterocycles. The Morgan fingerprint density at radius 1 is 1.53 bits per heavy atom. The molecule has 0 bridgehead atoms. The molecule has 2 N–H and O–H groups in total. The summed E-state index contributed by atoms with van der Waals surface area (Å²) in [5.41, 5.74) is 2.31. The first-order valence-electron chi connectivity index (χ1n) is 6.16. The zero-order chi connectivity index (χ0) is 14.2. The highest BCUT2D eigenvalue weighted by atomic mass is 16.6. The molecule has 1 saturated heterocycles. The Balaban J connectivity index is 2.20. The maximum Gasteiger partial charge on any atom is 0.355 e. The number of hydrogen-bond acceptors (Lipinski definition) is 5. The lowest BCUT2D eigenvalue weighted by atomic mass is 10.1. The van der Waals surface area contributed by atoms with Gasteiger partial charge in [0.25, 0.3) is 0 Å². The normalized spacial score (nSPS) is 20.2. The Morgan fingerprint density at radius 3 is 2.68 bits per heavy atom. The van der Waals surface area contributed by atoms with Crippen molar-refractivity contribution < 1.29 is 24.2 Å². The SMILES string of the molecule is Cc1[nH]c(C(=O)O[C@@H]2CCOC2=O)c(C)c1[C@H](C)O. The van der Waals surface area contributed by atoms with Crippen molar-refractivity contribution in [3.8, 4) is 0 Å². The fourth-order valence-corrected chi connectivity index (χ4v) is 2.37. The number of H-pyrrole nitrogens is 1. The number of aryl methyl sites for hydroxylation is 1. The zero-order valence-electron chi connectivity index (χ0n) is 11.1. The van der Waals surface area contributed by atoms with Crippen LogP contribution in [0.2, 0.25) is 0 Å². The summed E-state index contributed by atoms with van der Waals surface area (Å²) in [4.78, 5) is 26.2. The monoisotopic (exact) mass is 267 g/mol. The summed E-state index contributed by atoms with van der Waals surface area (Å²) in [6, 6.07) is 0. The van der Waals surface area contributed by atoms with Crippen molar-refractivity contribution >= 4 is 11.9 Å². The summed E-state index contributed by atoms with van der Waals surface area (Å²) in [6.07, 6.45) is -1.12. The summed E-state index contributed by atoms with van der Waals surface area (Å²) in [6.45, 7) is 5.41. The highest BCUT2D eigenvalue weighted by Gasteiger charge is 2.32. The second-order valence-electron chi connectivity index (χ2n) is 4.69. The van der Waals surface area contributed by atoms with E-state index in [2.05, 4.69) is 4.98 Å². The minimum Gasteiger partial charge on any atom is -0.463 e. The molecule has 1 fully saturated rings. The largest absolute Gasteiger partial charge is 0.463 e. The van der Waals surface area contributed by atoms with Crippen LogP contribution in [0.25, 0.3) is 0 Å². The molecule has 6 nitrogen and oxygen atoms in total. The molecule has 0 radical (unpaired) electrons. The van der Waals surface area contributed by atoms with Gasteiger partial charge in [-0.15, -0.1) is 0 Å². The Bertz CT molecular complexity index is 517. The smallest absolute Gasteiger partial charge is 0.355 e. The molecule has 19 heavy (non-hydrogen) atoms. The summed E-state index contributed by atoms with van der Waals surface area (Å²) < 4.78 is 9.85.